The predicted molar refractivity (Wildman–Crippen MR) is 84.6 cm³/mol. The van der Waals surface area contributed by atoms with Crippen LogP contribution in [0.5, 0.6) is 5.75 Å². The molecular weight excluding hydrogens is 318 g/mol. The summed E-state index contributed by atoms with van der Waals surface area (Å²) in [4.78, 5) is 12.4. The molecule has 0 aliphatic rings. The molecule has 0 fully saturated rings. The summed E-state index contributed by atoms with van der Waals surface area (Å²) in [5.41, 5.74) is 3.46. The highest BCUT2D eigenvalue weighted by atomic mass is 79.9. The molecule has 104 valence electrons. The first-order chi connectivity index (χ1) is 9.52. The highest BCUT2D eigenvalue weighted by Crippen LogP contribution is 2.29. The second kappa shape index (κ2) is 6.09. The number of hydrogen-bond acceptors (Lipinski definition) is 2. The predicted octanol–water partition coefficient (Wildman–Crippen LogP) is 4.33. The monoisotopic (exact) mass is 333 g/mol. The molecule has 3 nitrogen and oxygen atoms in total. The van der Waals surface area contributed by atoms with Gasteiger partial charge in [-0.25, -0.2) is 0 Å². The highest BCUT2D eigenvalue weighted by molar-refractivity contribution is 9.10. The average Bonchev–Trinajstić information content (AvgIpc) is 2.42. The van der Waals surface area contributed by atoms with Crippen LogP contribution in [0, 0.1) is 13.8 Å². The van der Waals surface area contributed by atoms with Gasteiger partial charge in [0, 0.05) is 4.47 Å². The molecule has 0 aliphatic carbocycles. The second-order valence-electron chi connectivity index (χ2n) is 4.59. The van der Waals surface area contributed by atoms with Gasteiger partial charge in [-0.05, 0) is 59.1 Å². The number of anilines is 1. The lowest BCUT2D eigenvalue weighted by molar-refractivity contribution is 0.102. The molecule has 4 heteroatoms. The Morgan fingerprint density at radius 2 is 1.90 bits per heavy atom. The van der Waals surface area contributed by atoms with Gasteiger partial charge in [-0.2, -0.15) is 0 Å². The Hall–Kier alpha value is -1.81. The van der Waals surface area contributed by atoms with Crippen molar-refractivity contribution in [1.29, 1.82) is 0 Å². The number of nitrogens with one attached hydrogen (secondary N) is 1. The van der Waals surface area contributed by atoms with Crippen molar-refractivity contribution < 1.29 is 9.53 Å². The lowest BCUT2D eigenvalue weighted by atomic mass is 10.1. The van der Waals surface area contributed by atoms with E-state index >= 15 is 0 Å². The molecule has 0 atom stereocenters. The van der Waals surface area contributed by atoms with Crippen molar-refractivity contribution in [2.75, 3.05) is 12.4 Å². The number of para-hydroxylation sites is 1. The quantitative estimate of drug-likeness (QED) is 0.907. The third-order valence-corrected chi connectivity index (χ3v) is 3.65. The number of amides is 1. The lowest BCUT2D eigenvalue weighted by Gasteiger charge is -2.13. The van der Waals surface area contributed by atoms with Gasteiger partial charge in [-0.15, -0.1) is 0 Å². The van der Waals surface area contributed by atoms with E-state index in [0.29, 0.717) is 11.3 Å². The second-order valence-corrected chi connectivity index (χ2v) is 5.45. The van der Waals surface area contributed by atoms with Crippen LogP contribution in [0.25, 0.3) is 0 Å². The molecule has 1 amide bonds. The summed E-state index contributed by atoms with van der Waals surface area (Å²) in [5, 5.41) is 2.93. The number of halogens is 1. The van der Waals surface area contributed by atoms with Crippen LogP contribution >= 0.6 is 15.9 Å². The Kier molecular flexibility index (Phi) is 4.45. The van der Waals surface area contributed by atoms with Gasteiger partial charge in [-0.3, -0.25) is 4.79 Å². The van der Waals surface area contributed by atoms with Crippen molar-refractivity contribution in [3.05, 3.63) is 57.6 Å². The topological polar surface area (TPSA) is 38.3 Å². The van der Waals surface area contributed by atoms with Crippen LogP contribution in [0.2, 0.25) is 0 Å². The van der Waals surface area contributed by atoms with Crippen molar-refractivity contribution in [1.82, 2.24) is 0 Å². The highest BCUT2D eigenvalue weighted by Gasteiger charge is 2.14. The Bertz CT molecular complexity index is 630. The zero-order valence-corrected chi connectivity index (χ0v) is 13.2. The standard InChI is InChI=1S/C16H16BrNO2/c1-10-8-11(2)15(13(17)9-10)18-16(19)12-6-4-5-7-14(12)20-3/h4-9H,1-3H3,(H,18,19). The summed E-state index contributed by atoms with van der Waals surface area (Å²) < 4.78 is 6.08. The molecule has 2 aromatic rings. The van der Waals surface area contributed by atoms with Crippen molar-refractivity contribution in [3.63, 3.8) is 0 Å². The fourth-order valence-electron chi connectivity index (χ4n) is 2.09. The fourth-order valence-corrected chi connectivity index (χ4v) is 2.86. The number of aryl methyl sites for hydroxylation is 2. The van der Waals surface area contributed by atoms with Crippen molar-refractivity contribution in [3.8, 4) is 5.75 Å². The number of benzene rings is 2. The van der Waals surface area contributed by atoms with Crippen LogP contribution in [0.15, 0.2) is 40.9 Å². The average molecular weight is 334 g/mol. The third kappa shape index (κ3) is 3.02. The van der Waals surface area contributed by atoms with E-state index in [1.165, 1.54) is 0 Å². The molecule has 0 aliphatic heterocycles. The van der Waals surface area contributed by atoms with Crippen LogP contribution in [-0.2, 0) is 0 Å². The molecule has 1 N–H and O–H groups in total. The van der Waals surface area contributed by atoms with Gasteiger partial charge in [0.1, 0.15) is 5.75 Å². The Morgan fingerprint density at radius 1 is 1.20 bits per heavy atom. The molecule has 0 bridgehead atoms. The Morgan fingerprint density at radius 3 is 2.55 bits per heavy atom. The molecular formula is C16H16BrNO2. The number of methoxy groups -OCH3 is 1. The smallest absolute Gasteiger partial charge is 0.259 e. The van der Waals surface area contributed by atoms with Gasteiger partial charge in [0.15, 0.2) is 0 Å². The molecule has 0 unspecified atom stereocenters. The van der Waals surface area contributed by atoms with E-state index in [1.54, 1.807) is 19.2 Å². The van der Waals surface area contributed by atoms with E-state index in [1.807, 2.05) is 38.1 Å². The van der Waals surface area contributed by atoms with E-state index in [2.05, 4.69) is 21.2 Å². The summed E-state index contributed by atoms with van der Waals surface area (Å²) in [6.07, 6.45) is 0. The van der Waals surface area contributed by atoms with Gasteiger partial charge in [0.2, 0.25) is 0 Å². The summed E-state index contributed by atoms with van der Waals surface area (Å²) in [7, 11) is 1.55. The summed E-state index contributed by atoms with van der Waals surface area (Å²) >= 11 is 3.49. The largest absolute Gasteiger partial charge is 0.496 e. The minimum Gasteiger partial charge on any atom is -0.496 e. The number of hydrogen-bond donors (Lipinski definition) is 1. The van der Waals surface area contributed by atoms with Crippen LogP contribution in [0.3, 0.4) is 0 Å². The third-order valence-electron chi connectivity index (χ3n) is 3.02. The zero-order valence-electron chi connectivity index (χ0n) is 11.7. The van der Waals surface area contributed by atoms with Gasteiger partial charge in [0.05, 0.1) is 18.4 Å². The first-order valence-corrected chi connectivity index (χ1v) is 7.03. The van der Waals surface area contributed by atoms with Gasteiger partial charge >= 0.3 is 0 Å². The normalized spacial score (nSPS) is 10.2. The molecule has 0 radical (unpaired) electrons. The van der Waals surface area contributed by atoms with Crippen molar-refractivity contribution >= 4 is 27.5 Å². The number of ether oxygens (including phenoxy) is 1. The number of rotatable bonds is 3. The number of carbonyl (C=O) groups is 1. The van der Waals surface area contributed by atoms with Crippen molar-refractivity contribution in [2.24, 2.45) is 0 Å². The minimum atomic E-state index is -0.185. The first-order valence-electron chi connectivity index (χ1n) is 6.24. The van der Waals surface area contributed by atoms with E-state index in [0.717, 1.165) is 21.3 Å². The molecule has 0 heterocycles. The van der Waals surface area contributed by atoms with Crippen LogP contribution in [0.4, 0.5) is 5.69 Å². The molecule has 2 aromatic carbocycles. The Labute approximate surface area is 127 Å². The molecule has 0 spiro atoms. The maximum Gasteiger partial charge on any atom is 0.259 e. The summed E-state index contributed by atoms with van der Waals surface area (Å²) in [5.74, 6) is 0.376. The van der Waals surface area contributed by atoms with Crippen LogP contribution < -0.4 is 10.1 Å². The molecule has 0 saturated carbocycles. The first kappa shape index (κ1) is 14.6. The summed E-state index contributed by atoms with van der Waals surface area (Å²) in [6.45, 7) is 3.99. The SMILES string of the molecule is COc1ccccc1C(=O)Nc1c(C)cc(C)cc1Br. The Balaban J connectivity index is 2.33. The lowest BCUT2D eigenvalue weighted by Crippen LogP contribution is -2.14. The van der Waals surface area contributed by atoms with Gasteiger partial charge in [-0.1, -0.05) is 18.2 Å². The maximum atomic E-state index is 12.4. The molecule has 0 aromatic heterocycles. The summed E-state index contributed by atoms with van der Waals surface area (Å²) in [6, 6.07) is 11.2. The zero-order chi connectivity index (χ0) is 14.7. The van der Waals surface area contributed by atoms with Crippen LogP contribution in [0.1, 0.15) is 21.5 Å². The van der Waals surface area contributed by atoms with E-state index < -0.39 is 0 Å². The van der Waals surface area contributed by atoms with E-state index in [4.69, 9.17) is 4.74 Å². The molecule has 2 rings (SSSR count). The van der Waals surface area contributed by atoms with E-state index in [9.17, 15) is 4.79 Å². The van der Waals surface area contributed by atoms with E-state index in [-0.39, 0.29) is 5.91 Å². The van der Waals surface area contributed by atoms with Crippen molar-refractivity contribution in [2.45, 2.75) is 13.8 Å². The maximum absolute atomic E-state index is 12.4. The minimum absolute atomic E-state index is 0.185. The fraction of sp³-hybridized carbons (Fsp3) is 0.188. The number of carbonyl (C=O) groups excluding carboxylic acids is 1. The van der Waals surface area contributed by atoms with Gasteiger partial charge in [0.25, 0.3) is 5.91 Å². The van der Waals surface area contributed by atoms with Gasteiger partial charge < -0.3 is 10.1 Å². The molecule has 0 saturated heterocycles. The molecule has 20 heavy (non-hydrogen) atoms. The van der Waals surface area contributed by atoms with Crippen LogP contribution in [-0.4, -0.2) is 13.0 Å².